The van der Waals surface area contributed by atoms with Crippen molar-refractivity contribution in [1.82, 2.24) is 19.5 Å². The molecule has 1 aromatic carbocycles. The van der Waals surface area contributed by atoms with Gasteiger partial charge in [0, 0.05) is 12.7 Å². The van der Waals surface area contributed by atoms with Crippen LogP contribution in [-0.4, -0.2) is 44.3 Å². The fourth-order valence-corrected chi connectivity index (χ4v) is 5.32. The first kappa shape index (κ1) is 18.7. The molecule has 148 valence electrons. The van der Waals surface area contributed by atoms with E-state index in [2.05, 4.69) is 15.0 Å². The smallest absolute Gasteiger partial charge is 0.165 e. The molecular weight excluding hydrogens is 376 g/mol. The quantitative estimate of drug-likeness (QED) is 0.682. The van der Waals surface area contributed by atoms with Crippen LogP contribution >= 0.6 is 0 Å². The molecule has 3 aromatic rings. The van der Waals surface area contributed by atoms with Gasteiger partial charge in [-0.2, -0.15) is 0 Å². The Bertz CT molecular complexity index is 1230. The molecule has 8 nitrogen and oxygen atoms in total. The molecule has 3 N–H and O–H groups in total. The Morgan fingerprint density at radius 1 is 1.25 bits per heavy atom. The first-order valence-electron chi connectivity index (χ1n) is 9.02. The third-order valence-corrected chi connectivity index (χ3v) is 8.48. The monoisotopic (exact) mass is 400 g/mol. The summed E-state index contributed by atoms with van der Waals surface area (Å²) in [5, 5.41) is 0. The standard InChI is InChI=1S/C19H24N6O2S/c1-11-15(22-10-21-11)16-23-13-8-12(6-7-14(13)25(16)5)19(4)9-28(26,27)18(2,3)17(20)24-19/h6-8,10H,9H2,1-5H3,(H2,20,24)(H,21,22)/t19-/m0/s1. The van der Waals surface area contributed by atoms with Crippen molar-refractivity contribution in [2.45, 2.75) is 38.0 Å². The summed E-state index contributed by atoms with van der Waals surface area (Å²) in [5.41, 5.74) is 9.29. The van der Waals surface area contributed by atoms with Crippen molar-refractivity contribution in [2.24, 2.45) is 17.8 Å². The van der Waals surface area contributed by atoms with Gasteiger partial charge in [0.2, 0.25) is 0 Å². The van der Waals surface area contributed by atoms with Gasteiger partial charge in [-0.05, 0) is 45.4 Å². The number of hydrogen-bond acceptors (Lipinski definition) is 6. The lowest BCUT2D eigenvalue weighted by molar-refractivity contribution is 0.501. The summed E-state index contributed by atoms with van der Waals surface area (Å²) >= 11 is 0. The van der Waals surface area contributed by atoms with Crippen molar-refractivity contribution in [3.8, 4) is 11.5 Å². The zero-order chi connectivity index (χ0) is 20.5. The molecule has 1 aliphatic rings. The summed E-state index contributed by atoms with van der Waals surface area (Å²) in [6.07, 6.45) is 1.64. The van der Waals surface area contributed by atoms with E-state index >= 15 is 0 Å². The molecule has 0 saturated heterocycles. The van der Waals surface area contributed by atoms with Gasteiger partial charge in [-0.25, -0.2) is 18.4 Å². The fourth-order valence-electron chi connectivity index (χ4n) is 3.62. The van der Waals surface area contributed by atoms with E-state index in [9.17, 15) is 8.42 Å². The summed E-state index contributed by atoms with van der Waals surface area (Å²) in [6, 6.07) is 5.73. The maximum Gasteiger partial charge on any atom is 0.165 e. The Kier molecular flexibility index (Phi) is 3.78. The van der Waals surface area contributed by atoms with Crippen LogP contribution in [0.15, 0.2) is 29.5 Å². The Hall–Kier alpha value is -2.68. The minimum Gasteiger partial charge on any atom is -0.386 e. The lowest BCUT2D eigenvalue weighted by Gasteiger charge is -2.37. The van der Waals surface area contributed by atoms with Crippen LogP contribution in [0, 0.1) is 6.92 Å². The predicted octanol–water partition coefficient (Wildman–Crippen LogP) is 2.05. The van der Waals surface area contributed by atoms with Crippen molar-refractivity contribution in [2.75, 3.05) is 5.75 Å². The van der Waals surface area contributed by atoms with Crippen molar-refractivity contribution < 1.29 is 8.42 Å². The number of H-pyrrole nitrogens is 1. The molecule has 3 heterocycles. The molecule has 0 amide bonds. The first-order valence-corrected chi connectivity index (χ1v) is 10.7. The molecular formula is C19H24N6O2S. The molecule has 1 aliphatic heterocycles. The van der Waals surface area contributed by atoms with Crippen LogP contribution in [0.2, 0.25) is 0 Å². The number of aromatic nitrogens is 4. The number of sulfone groups is 1. The third kappa shape index (κ3) is 2.49. The van der Waals surface area contributed by atoms with Gasteiger partial charge in [0.15, 0.2) is 15.7 Å². The van der Waals surface area contributed by atoms with Gasteiger partial charge in [0.25, 0.3) is 0 Å². The molecule has 4 rings (SSSR count). The summed E-state index contributed by atoms with van der Waals surface area (Å²) in [5.74, 6) is 0.781. The van der Waals surface area contributed by atoms with Gasteiger partial charge in [0.05, 0.1) is 28.7 Å². The molecule has 1 atom stereocenters. The van der Waals surface area contributed by atoms with E-state index in [0.717, 1.165) is 33.8 Å². The minimum atomic E-state index is -3.46. The van der Waals surface area contributed by atoms with Crippen LogP contribution in [0.5, 0.6) is 0 Å². The van der Waals surface area contributed by atoms with E-state index in [1.807, 2.05) is 36.7 Å². The zero-order valence-electron chi connectivity index (χ0n) is 16.6. The second-order valence-corrected chi connectivity index (χ2v) is 10.7. The molecule has 28 heavy (non-hydrogen) atoms. The second kappa shape index (κ2) is 5.66. The highest BCUT2D eigenvalue weighted by atomic mass is 32.2. The molecule has 0 aliphatic carbocycles. The van der Waals surface area contributed by atoms with Crippen molar-refractivity contribution in [3.05, 3.63) is 35.8 Å². The normalized spacial score (nSPS) is 23.7. The number of rotatable bonds is 2. The van der Waals surface area contributed by atoms with Crippen molar-refractivity contribution in [1.29, 1.82) is 0 Å². The van der Waals surface area contributed by atoms with Crippen molar-refractivity contribution >= 4 is 26.7 Å². The van der Waals surface area contributed by atoms with E-state index in [-0.39, 0.29) is 11.6 Å². The summed E-state index contributed by atoms with van der Waals surface area (Å²) in [7, 11) is -1.52. The maximum atomic E-state index is 12.8. The number of aromatic amines is 1. The Balaban J connectivity index is 1.87. The van der Waals surface area contributed by atoms with Gasteiger partial charge >= 0.3 is 0 Å². The SMILES string of the molecule is Cc1[nH]cnc1-c1nc2cc([C@]3(C)CS(=O)(=O)C(C)(C)C(N)=N3)ccc2n1C. The molecule has 0 saturated carbocycles. The van der Waals surface area contributed by atoms with Crippen LogP contribution in [0.3, 0.4) is 0 Å². The van der Waals surface area contributed by atoms with E-state index in [1.165, 1.54) is 0 Å². The highest BCUT2D eigenvalue weighted by molar-refractivity contribution is 7.93. The first-order chi connectivity index (χ1) is 13.0. The maximum absolute atomic E-state index is 12.8. The van der Waals surface area contributed by atoms with Gasteiger partial charge in [-0.3, -0.25) is 4.99 Å². The summed E-state index contributed by atoms with van der Waals surface area (Å²) in [6.45, 7) is 6.94. The van der Waals surface area contributed by atoms with Gasteiger partial charge in [-0.1, -0.05) is 6.07 Å². The van der Waals surface area contributed by atoms with Crippen LogP contribution in [0.4, 0.5) is 0 Å². The number of aryl methyl sites for hydroxylation is 2. The van der Waals surface area contributed by atoms with Gasteiger partial charge in [-0.15, -0.1) is 0 Å². The lowest BCUT2D eigenvalue weighted by atomic mass is 9.93. The fraction of sp³-hybridized carbons (Fsp3) is 0.421. The second-order valence-electron chi connectivity index (χ2n) is 8.11. The molecule has 0 radical (unpaired) electrons. The van der Waals surface area contributed by atoms with Crippen LogP contribution in [0.1, 0.15) is 32.0 Å². The number of benzene rings is 1. The molecule has 0 spiro atoms. The number of nitrogens with zero attached hydrogens (tertiary/aromatic N) is 4. The number of hydrogen-bond donors (Lipinski definition) is 2. The molecule has 0 bridgehead atoms. The molecule has 0 unspecified atom stereocenters. The predicted molar refractivity (Wildman–Crippen MR) is 110 cm³/mol. The molecule has 9 heteroatoms. The average molecular weight is 401 g/mol. The van der Waals surface area contributed by atoms with E-state index in [4.69, 9.17) is 10.7 Å². The lowest BCUT2D eigenvalue weighted by Crippen LogP contribution is -2.54. The van der Waals surface area contributed by atoms with Gasteiger partial charge in [0.1, 0.15) is 16.3 Å². The summed E-state index contributed by atoms with van der Waals surface area (Å²) < 4.78 is 26.5. The third-order valence-electron chi connectivity index (χ3n) is 5.78. The highest BCUT2D eigenvalue weighted by Gasteiger charge is 2.48. The highest BCUT2D eigenvalue weighted by Crippen LogP contribution is 2.38. The Morgan fingerprint density at radius 3 is 2.57 bits per heavy atom. The average Bonchev–Trinajstić information content (AvgIpc) is 3.16. The number of amidine groups is 1. The van der Waals surface area contributed by atoms with Gasteiger partial charge < -0.3 is 15.3 Å². The van der Waals surface area contributed by atoms with Crippen LogP contribution in [-0.2, 0) is 22.4 Å². The topological polar surface area (TPSA) is 119 Å². The zero-order valence-corrected chi connectivity index (χ0v) is 17.4. The molecule has 0 fully saturated rings. The Labute approximate surface area is 163 Å². The van der Waals surface area contributed by atoms with E-state index < -0.39 is 20.1 Å². The minimum absolute atomic E-state index is 0.0998. The molecule has 2 aromatic heterocycles. The largest absolute Gasteiger partial charge is 0.386 e. The van der Waals surface area contributed by atoms with Crippen molar-refractivity contribution in [3.63, 3.8) is 0 Å². The van der Waals surface area contributed by atoms with E-state index in [0.29, 0.717) is 0 Å². The summed E-state index contributed by atoms with van der Waals surface area (Å²) in [4.78, 5) is 16.8. The number of aliphatic imine (C=N–C) groups is 1. The van der Waals surface area contributed by atoms with Crippen LogP contribution < -0.4 is 5.73 Å². The Morgan fingerprint density at radius 2 is 1.96 bits per heavy atom. The van der Waals surface area contributed by atoms with Crippen LogP contribution in [0.25, 0.3) is 22.6 Å². The number of nitrogens with two attached hydrogens (primary N) is 1. The number of nitrogens with one attached hydrogen (secondary N) is 1. The number of imidazole rings is 2. The number of fused-ring (bicyclic) bond motifs is 1. The van der Waals surface area contributed by atoms with E-state index in [1.54, 1.807) is 27.1 Å².